The lowest BCUT2D eigenvalue weighted by Gasteiger charge is -2.21. The van der Waals surface area contributed by atoms with Crippen molar-refractivity contribution >= 4 is 29.4 Å². The Balaban J connectivity index is 1.80. The number of benzene rings is 2. The monoisotopic (exact) mass is 387 g/mol. The normalized spacial score (nSPS) is 16.2. The van der Waals surface area contributed by atoms with E-state index in [0.717, 1.165) is 5.56 Å². The van der Waals surface area contributed by atoms with Gasteiger partial charge in [-0.2, -0.15) is 0 Å². The van der Waals surface area contributed by atoms with Crippen LogP contribution in [0, 0.1) is 0 Å². The molecule has 1 aliphatic heterocycles. The van der Waals surface area contributed by atoms with Gasteiger partial charge in [-0.05, 0) is 35.9 Å². The number of hydrogen-bond donors (Lipinski definition) is 2. The molecule has 0 spiro atoms. The standard InChI is InChI=1S/C19H18ClN3O4/c1-26-15-8-5-12(9-16(15)27-2)18(25)23-19-21-14(10-17(24)22-19)11-3-6-13(20)7-4-11/h3-9,14H,10H2,1-2H3,(H2,21,22,23,24,25)/t14-/m0/s1. The van der Waals surface area contributed by atoms with Crippen molar-refractivity contribution in [2.24, 2.45) is 4.99 Å². The molecule has 0 radical (unpaired) electrons. The lowest BCUT2D eigenvalue weighted by molar-refractivity contribution is -0.120. The second kappa shape index (κ2) is 8.09. The van der Waals surface area contributed by atoms with Crippen LogP contribution in [-0.2, 0) is 4.79 Å². The first-order chi connectivity index (χ1) is 13.0. The molecule has 0 aromatic heterocycles. The zero-order chi connectivity index (χ0) is 19.4. The topological polar surface area (TPSA) is 89.0 Å². The number of methoxy groups -OCH3 is 2. The number of amides is 2. The smallest absolute Gasteiger partial charge is 0.258 e. The fourth-order valence-corrected chi connectivity index (χ4v) is 2.82. The molecule has 0 saturated heterocycles. The number of aliphatic imine (C=N–C) groups is 1. The summed E-state index contributed by atoms with van der Waals surface area (Å²) in [5.74, 6) is 0.393. The van der Waals surface area contributed by atoms with Crippen LogP contribution in [0.5, 0.6) is 11.5 Å². The highest BCUT2D eigenvalue weighted by atomic mass is 35.5. The van der Waals surface area contributed by atoms with E-state index in [2.05, 4.69) is 15.6 Å². The zero-order valence-electron chi connectivity index (χ0n) is 14.8. The summed E-state index contributed by atoms with van der Waals surface area (Å²) < 4.78 is 10.4. The van der Waals surface area contributed by atoms with E-state index in [4.69, 9.17) is 21.1 Å². The second-order valence-corrected chi connectivity index (χ2v) is 6.26. The molecule has 140 valence electrons. The van der Waals surface area contributed by atoms with Crippen LogP contribution < -0.4 is 20.1 Å². The van der Waals surface area contributed by atoms with Crippen molar-refractivity contribution in [1.82, 2.24) is 10.6 Å². The van der Waals surface area contributed by atoms with Crippen LogP contribution in [0.2, 0.25) is 5.02 Å². The number of ether oxygens (including phenoxy) is 2. The van der Waals surface area contributed by atoms with Crippen LogP contribution in [0.15, 0.2) is 47.5 Å². The summed E-state index contributed by atoms with van der Waals surface area (Å²) in [6.07, 6.45) is 0.192. The Morgan fingerprint density at radius 1 is 1.15 bits per heavy atom. The van der Waals surface area contributed by atoms with Gasteiger partial charge in [0, 0.05) is 10.6 Å². The van der Waals surface area contributed by atoms with Gasteiger partial charge in [0.15, 0.2) is 11.5 Å². The minimum atomic E-state index is -0.424. The van der Waals surface area contributed by atoms with Gasteiger partial charge in [0.25, 0.3) is 5.91 Å². The van der Waals surface area contributed by atoms with Crippen LogP contribution in [0.4, 0.5) is 0 Å². The van der Waals surface area contributed by atoms with E-state index >= 15 is 0 Å². The van der Waals surface area contributed by atoms with Crippen molar-refractivity contribution in [1.29, 1.82) is 0 Å². The number of carbonyl (C=O) groups excluding carboxylic acids is 2. The summed E-state index contributed by atoms with van der Waals surface area (Å²) in [5, 5.41) is 5.80. The number of nitrogens with zero attached hydrogens (tertiary/aromatic N) is 1. The molecule has 0 unspecified atom stereocenters. The predicted octanol–water partition coefficient (Wildman–Crippen LogP) is 2.70. The third kappa shape index (κ3) is 4.38. The number of carbonyl (C=O) groups is 2. The molecule has 0 saturated carbocycles. The quantitative estimate of drug-likeness (QED) is 0.844. The van der Waals surface area contributed by atoms with E-state index in [1.165, 1.54) is 14.2 Å². The SMILES string of the molecule is COc1ccc(C(=O)NC2=N[C@H](c3ccc(Cl)cc3)CC(=O)N2)cc1OC. The molecule has 3 rings (SSSR count). The first-order valence-corrected chi connectivity index (χ1v) is 8.54. The summed E-state index contributed by atoms with van der Waals surface area (Å²) >= 11 is 5.90. The number of halogens is 1. The van der Waals surface area contributed by atoms with Gasteiger partial charge in [-0.3, -0.25) is 20.2 Å². The molecule has 0 fully saturated rings. The minimum Gasteiger partial charge on any atom is -0.493 e. The average molecular weight is 388 g/mol. The molecule has 1 atom stereocenters. The lowest BCUT2D eigenvalue weighted by Crippen LogP contribution is -2.47. The van der Waals surface area contributed by atoms with Crippen LogP contribution in [0.1, 0.15) is 28.4 Å². The van der Waals surface area contributed by atoms with E-state index in [1.807, 2.05) is 12.1 Å². The molecule has 7 nitrogen and oxygen atoms in total. The number of nitrogens with one attached hydrogen (secondary N) is 2. The van der Waals surface area contributed by atoms with Crippen molar-refractivity contribution in [3.8, 4) is 11.5 Å². The van der Waals surface area contributed by atoms with Crippen molar-refractivity contribution in [3.05, 3.63) is 58.6 Å². The van der Waals surface area contributed by atoms with Gasteiger partial charge in [-0.1, -0.05) is 23.7 Å². The molecule has 2 N–H and O–H groups in total. The van der Waals surface area contributed by atoms with Crippen LogP contribution in [0.25, 0.3) is 0 Å². The van der Waals surface area contributed by atoms with Crippen molar-refractivity contribution < 1.29 is 19.1 Å². The Morgan fingerprint density at radius 2 is 1.85 bits per heavy atom. The molecule has 1 aliphatic rings. The van der Waals surface area contributed by atoms with Gasteiger partial charge in [0.05, 0.1) is 26.7 Å². The zero-order valence-corrected chi connectivity index (χ0v) is 15.5. The van der Waals surface area contributed by atoms with Crippen molar-refractivity contribution in [3.63, 3.8) is 0 Å². The van der Waals surface area contributed by atoms with Crippen molar-refractivity contribution in [2.45, 2.75) is 12.5 Å². The second-order valence-electron chi connectivity index (χ2n) is 5.82. The first-order valence-electron chi connectivity index (χ1n) is 8.16. The highest BCUT2D eigenvalue weighted by Crippen LogP contribution is 2.28. The fraction of sp³-hybridized carbons (Fsp3) is 0.211. The Bertz CT molecular complexity index is 896. The Hall–Kier alpha value is -3.06. The van der Waals surface area contributed by atoms with Crippen molar-refractivity contribution in [2.75, 3.05) is 14.2 Å². The van der Waals surface area contributed by atoms with E-state index in [0.29, 0.717) is 22.1 Å². The summed E-state index contributed by atoms with van der Waals surface area (Å²) in [5.41, 5.74) is 1.19. The Kier molecular flexibility index (Phi) is 5.61. The summed E-state index contributed by atoms with van der Waals surface area (Å²) in [6, 6.07) is 11.5. The number of guanidine groups is 1. The highest BCUT2D eigenvalue weighted by Gasteiger charge is 2.24. The minimum absolute atomic E-state index is 0.103. The maximum atomic E-state index is 12.5. The highest BCUT2D eigenvalue weighted by molar-refractivity contribution is 6.30. The fourth-order valence-electron chi connectivity index (χ4n) is 2.69. The van der Waals surface area contributed by atoms with Gasteiger partial charge in [0.2, 0.25) is 11.9 Å². The Morgan fingerprint density at radius 3 is 2.52 bits per heavy atom. The van der Waals surface area contributed by atoms with E-state index in [9.17, 15) is 9.59 Å². The maximum Gasteiger partial charge on any atom is 0.258 e. The molecule has 0 aliphatic carbocycles. The molecular formula is C19H18ClN3O4. The van der Waals surface area contributed by atoms with Gasteiger partial charge >= 0.3 is 0 Å². The summed E-state index contributed by atoms with van der Waals surface area (Å²) in [4.78, 5) is 29.0. The molecule has 2 amide bonds. The Labute approximate surface area is 161 Å². The summed E-state index contributed by atoms with van der Waals surface area (Å²) in [6.45, 7) is 0. The largest absolute Gasteiger partial charge is 0.493 e. The van der Waals surface area contributed by atoms with Crippen LogP contribution in [-0.4, -0.2) is 32.0 Å². The van der Waals surface area contributed by atoms with E-state index in [-0.39, 0.29) is 18.3 Å². The molecule has 2 aromatic carbocycles. The maximum absolute atomic E-state index is 12.5. The molecule has 2 aromatic rings. The first kappa shape index (κ1) is 18.7. The van der Waals surface area contributed by atoms with Gasteiger partial charge in [0.1, 0.15) is 0 Å². The lowest BCUT2D eigenvalue weighted by atomic mass is 10.0. The molecule has 8 heteroatoms. The predicted molar refractivity (Wildman–Crippen MR) is 101 cm³/mol. The number of hydrogen-bond acceptors (Lipinski definition) is 5. The molecule has 0 bridgehead atoms. The molecule has 1 heterocycles. The van der Waals surface area contributed by atoms with Gasteiger partial charge in [-0.25, -0.2) is 4.99 Å². The van der Waals surface area contributed by atoms with Crippen LogP contribution >= 0.6 is 11.6 Å². The van der Waals surface area contributed by atoms with Gasteiger partial charge in [-0.15, -0.1) is 0 Å². The number of rotatable bonds is 4. The molecule has 27 heavy (non-hydrogen) atoms. The van der Waals surface area contributed by atoms with E-state index < -0.39 is 11.9 Å². The average Bonchev–Trinajstić information content (AvgIpc) is 2.67. The summed E-state index contributed by atoms with van der Waals surface area (Å²) in [7, 11) is 3.00. The third-order valence-electron chi connectivity index (χ3n) is 4.05. The third-order valence-corrected chi connectivity index (χ3v) is 4.31. The van der Waals surface area contributed by atoms with Gasteiger partial charge < -0.3 is 9.47 Å². The molecular weight excluding hydrogens is 370 g/mol. The van der Waals surface area contributed by atoms with E-state index in [1.54, 1.807) is 30.3 Å². The van der Waals surface area contributed by atoms with Crippen LogP contribution in [0.3, 0.4) is 0 Å².